The Morgan fingerprint density at radius 3 is 2.88 bits per heavy atom. The van der Waals surface area contributed by atoms with Crippen molar-refractivity contribution >= 4 is 0 Å². The van der Waals surface area contributed by atoms with Crippen molar-refractivity contribution in [2.24, 2.45) is 0 Å². The third-order valence-electron chi connectivity index (χ3n) is 4.87. The molecule has 25 heavy (non-hydrogen) atoms. The Bertz CT molecular complexity index is 744. The van der Waals surface area contributed by atoms with Gasteiger partial charge < -0.3 is 14.8 Å². The molecule has 1 aliphatic carbocycles. The first-order chi connectivity index (χ1) is 12.3. The summed E-state index contributed by atoms with van der Waals surface area (Å²) in [5.74, 6) is 3.22. The van der Waals surface area contributed by atoms with Crippen LogP contribution < -0.4 is 14.8 Å². The van der Waals surface area contributed by atoms with Gasteiger partial charge in [0.15, 0.2) is 0 Å². The van der Waals surface area contributed by atoms with E-state index in [4.69, 9.17) is 19.4 Å². The molecule has 2 aromatic rings. The Morgan fingerprint density at radius 1 is 1.16 bits per heavy atom. The van der Waals surface area contributed by atoms with Crippen molar-refractivity contribution in [2.45, 2.75) is 38.0 Å². The van der Waals surface area contributed by atoms with E-state index in [0.29, 0.717) is 12.5 Å². The molecular weight excluding hydrogens is 314 g/mol. The molecule has 1 aromatic heterocycles. The average Bonchev–Trinajstić information content (AvgIpc) is 3.48. The number of nitrogens with zero attached hydrogens (tertiary/aromatic N) is 2. The van der Waals surface area contributed by atoms with E-state index in [1.54, 1.807) is 7.11 Å². The topological polar surface area (TPSA) is 56.3 Å². The molecule has 0 amide bonds. The van der Waals surface area contributed by atoms with Crippen molar-refractivity contribution in [3.8, 4) is 11.6 Å². The lowest BCUT2D eigenvalue weighted by atomic mass is 10.1. The van der Waals surface area contributed by atoms with Gasteiger partial charge in [-0.25, -0.2) is 4.98 Å². The first kappa shape index (κ1) is 16.3. The number of ether oxygens (including phenoxy) is 2. The quantitative estimate of drug-likeness (QED) is 0.877. The highest BCUT2D eigenvalue weighted by molar-refractivity contribution is 5.34. The van der Waals surface area contributed by atoms with Crippen LogP contribution in [0.4, 0.5) is 0 Å². The van der Waals surface area contributed by atoms with Gasteiger partial charge in [0.25, 0.3) is 0 Å². The molecule has 132 valence electrons. The SMILES string of the molecule is COc1cccc(CCOc2nc(C3CC3)nc3c2CCNCC3)c1. The molecule has 0 bridgehead atoms. The van der Waals surface area contributed by atoms with E-state index < -0.39 is 0 Å². The Hall–Kier alpha value is -2.14. The summed E-state index contributed by atoms with van der Waals surface area (Å²) in [6, 6.07) is 8.14. The highest BCUT2D eigenvalue weighted by Gasteiger charge is 2.29. The molecule has 2 heterocycles. The number of benzene rings is 1. The van der Waals surface area contributed by atoms with Gasteiger partial charge in [0.1, 0.15) is 11.6 Å². The molecule has 0 spiro atoms. The Morgan fingerprint density at radius 2 is 2.04 bits per heavy atom. The Balaban J connectivity index is 1.49. The lowest BCUT2D eigenvalue weighted by Gasteiger charge is -2.14. The molecule has 1 aliphatic heterocycles. The summed E-state index contributed by atoms with van der Waals surface area (Å²) in [4.78, 5) is 9.61. The van der Waals surface area contributed by atoms with Crippen LogP contribution >= 0.6 is 0 Å². The monoisotopic (exact) mass is 339 g/mol. The molecule has 1 fully saturated rings. The Labute approximate surface area is 148 Å². The summed E-state index contributed by atoms with van der Waals surface area (Å²) in [6.07, 6.45) is 5.16. The van der Waals surface area contributed by atoms with Gasteiger partial charge in [-0.2, -0.15) is 4.98 Å². The third kappa shape index (κ3) is 3.93. The normalized spacial score (nSPS) is 16.8. The molecule has 1 N–H and O–H groups in total. The van der Waals surface area contributed by atoms with Gasteiger partial charge in [0.05, 0.1) is 19.4 Å². The maximum Gasteiger partial charge on any atom is 0.220 e. The standard InChI is InChI=1S/C20H25N3O2/c1-24-16-4-2-3-14(13-16)9-12-25-20-17-7-10-21-11-8-18(17)22-19(23-20)15-5-6-15/h2-4,13,15,21H,5-12H2,1H3. The maximum absolute atomic E-state index is 6.14. The molecule has 5 heteroatoms. The molecule has 0 unspecified atom stereocenters. The number of rotatable bonds is 6. The van der Waals surface area contributed by atoms with Gasteiger partial charge in [-0.3, -0.25) is 0 Å². The van der Waals surface area contributed by atoms with Gasteiger partial charge in [-0.05, 0) is 43.5 Å². The third-order valence-corrected chi connectivity index (χ3v) is 4.87. The summed E-state index contributed by atoms with van der Waals surface area (Å²) in [5, 5.41) is 3.44. The van der Waals surface area contributed by atoms with Gasteiger partial charge >= 0.3 is 0 Å². The molecular formula is C20H25N3O2. The largest absolute Gasteiger partial charge is 0.497 e. The van der Waals surface area contributed by atoms with Crippen LogP contribution in [0.1, 0.15) is 41.4 Å². The van der Waals surface area contributed by atoms with Crippen molar-refractivity contribution in [1.29, 1.82) is 0 Å². The van der Waals surface area contributed by atoms with Crippen LogP contribution in [0.3, 0.4) is 0 Å². The van der Waals surface area contributed by atoms with E-state index in [2.05, 4.69) is 17.4 Å². The molecule has 0 radical (unpaired) electrons. The van der Waals surface area contributed by atoms with Crippen LogP contribution in [0.15, 0.2) is 24.3 Å². The second kappa shape index (κ2) is 7.40. The lowest BCUT2D eigenvalue weighted by Crippen LogP contribution is -2.16. The lowest BCUT2D eigenvalue weighted by molar-refractivity contribution is 0.303. The minimum absolute atomic E-state index is 0.544. The van der Waals surface area contributed by atoms with Crippen LogP contribution in [0.25, 0.3) is 0 Å². The number of hydrogen-bond acceptors (Lipinski definition) is 5. The predicted molar refractivity (Wildman–Crippen MR) is 96.5 cm³/mol. The van der Waals surface area contributed by atoms with Crippen molar-refractivity contribution in [3.63, 3.8) is 0 Å². The zero-order valence-corrected chi connectivity index (χ0v) is 14.8. The van der Waals surface area contributed by atoms with Crippen LogP contribution in [0, 0.1) is 0 Å². The fourth-order valence-electron chi connectivity index (χ4n) is 3.27. The number of fused-ring (bicyclic) bond motifs is 1. The molecule has 4 rings (SSSR count). The van der Waals surface area contributed by atoms with E-state index in [1.807, 2.05) is 12.1 Å². The van der Waals surface area contributed by atoms with Gasteiger partial charge in [-0.1, -0.05) is 12.1 Å². The van der Waals surface area contributed by atoms with Crippen molar-refractivity contribution in [3.05, 3.63) is 46.9 Å². The smallest absolute Gasteiger partial charge is 0.220 e. The van der Waals surface area contributed by atoms with E-state index in [-0.39, 0.29) is 0 Å². The minimum Gasteiger partial charge on any atom is -0.497 e. The summed E-state index contributed by atoms with van der Waals surface area (Å²) in [5.41, 5.74) is 3.59. The highest BCUT2D eigenvalue weighted by atomic mass is 16.5. The van der Waals surface area contributed by atoms with Crippen molar-refractivity contribution < 1.29 is 9.47 Å². The molecule has 0 saturated heterocycles. The summed E-state index contributed by atoms with van der Waals surface area (Å²) >= 11 is 0. The van der Waals surface area contributed by atoms with E-state index in [1.165, 1.54) is 29.7 Å². The summed E-state index contributed by atoms with van der Waals surface area (Å²) < 4.78 is 11.4. The van der Waals surface area contributed by atoms with Crippen LogP contribution in [-0.4, -0.2) is 36.8 Å². The second-order valence-electron chi connectivity index (χ2n) is 6.79. The maximum atomic E-state index is 6.14. The van der Waals surface area contributed by atoms with Crippen molar-refractivity contribution in [1.82, 2.24) is 15.3 Å². The molecule has 1 aromatic carbocycles. The fourth-order valence-corrected chi connectivity index (χ4v) is 3.27. The van der Waals surface area contributed by atoms with Gasteiger partial charge in [-0.15, -0.1) is 0 Å². The van der Waals surface area contributed by atoms with Crippen LogP contribution in [0.2, 0.25) is 0 Å². The summed E-state index contributed by atoms with van der Waals surface area (Å²) in [7, 11) is 1.69. The second-order valence-corrected chi connectivity index (χ2v) is 6.79. The fraction of sp³-hybridized carbons (Fsp3) is 0.500. The minimum atomic E-state index is 0.544. The highest BCUT2D eigenvalue weighted by Crippen LogP contribution is 2.39. The van der Waals surface area contributed by atoms with E-state index in [9.17, 15) is 0 Å². The van der Waals surface area contributed by atoms with E-state index >= 15 is 0 Å². The molecule has 5 nitrogen and oxygen atoms in total. The first-order valence-corrected chi connectivity index (χ1v) is 9.19. The molecule has 1 saturated carbocycles. The van der Waals surface area contributed by atoms with Gasteiger partial charge in [0.2, 0.25) is 5.88 Å². The van der Waals surface area contributed by atoms with Crippen LogP contribution in [0.5, 0.6) is 11.6 Å². The molecule has 2 aliphatic rings. The number of methoxy groups -OCH3 is 1. The first-order valence-electron chi connectivity index (χ1n) is 9.19. The van der Waals surface area contributed by atoms with E-state index in [0.717, 1.165) is 49.8 Å². The molecule has 0 atom stereocenters. The van der Waals surface area contributed by atoms with Crippen molar-refractivity contribution in [2.75, 3.05) is 26.8 Å². The zero-order chi connectivity index (χ0) is 17.1. The zero-order valence-electron chi connectivity index (χ0n) is 14.8. The average molecular weight is 339 g/mol. The number of hydrogen-bond donors (Lipinski definition) is 1. The van der Waals surface area contributed by atoms with Crippen LogP contribution in [-0.2, 0) is 19.3 Å². The van der Waals surface area contributed by atoms with Gasteiger partial charge in [0, 0.05) is 30.9 Å². The number of aromatic nitrogens is 2. The predicted octanol–water partition coefficient (Wildman–Crippen LogP) is 2.67. The summed E-state index contributed by atoms with van der Waals surface area (Å²) in [6.45, 7) is 2.57. The number of nitrogens with one attached hydrogen (secondary N) is 1. The Kier molecular flexibility index (Phi) is 4.83.